The lowest BCUT2D eigenvalue weighted by atomic mass is 9.96. The smallest absolute Gasteiger partial charge is 0.341 e. The van der Waals surface area contributed by atoms with Crippen LogP contribution in [0.4, 0.5) is 0 Å². The highest BCUT2D eigenvalue weighted by molar-refractivity contribution is 5.94. The summed E-state index contributed by atoms with van der Waals surface area (Å²) >= 11 is 0. The van der Waals surface area contributed by atoms with Gasteiger partial charge >= 0.3 is 11.9 Å². The van der Waals surface area contributed by atoms with E-state index in [9.17, 15) is 14.4 Å². The molecule has 0 fully saturated rings. The maximum atomic E-state index is 12.1. The van der Waals surface area contributed by atoms with E-state index in [0.29, 0.717) is 0 Å². The number of allylic oxidation sites excluding steroid dienone is 3. The van der Waals surface area contributed by atoms with E-state index in [2.05, 4.69) is 4.74 Å². The fraction of sp³-hybridized carbons (Fsp3) is 0.125. The van der Waals surface area contributed by atoms with Gasteiger partial charge in [0.15, 0.2) is 0 Å². The Balaban J connectivity index is 0.00000242. The van der Waals surface area contributed by atoms with Crippen molar-refractivity contribution in [3.8, 4) is 5.75 Å². The molecular formula is C16H14O6. The first-order valence-corrected chi connectivity index (χ1v) is 6.16. The highest BCUT2D eigenvalue weighted by Crippen LogP contribution is 2.23. The van der Waals surface area contributed by atoms with Crippen LogP contribution in [0.3, 0.4) is 0 Å². The van der Waals surface area contributed by atoms with Crippen molar-refractivity contribution in [2.24, 2.45) is 5.92 Å². The van der Waals surface area contributed by atoms with Crippen LogP contribution in [-0.4, -0.2) is 30.5 Å². The Kier molecular flexibility index (Phi) is 6.01. The lowest BCUT2D eigenvalue weighted by Gasteiger charge is -2.14. The molecule has 1 aromatic rings. The molecule has 0 aromatic heterocycles. The predicted octanol–water partition coefficient (Wildman–Crippen LogP) is 1.05. The zero-order valence-electron chi connectivity index (χ0n) is 11.7. The van der Waals surface area contributed by atoms with Gasteiger partial charge in [0.2, 0.25) is 0 Å². The number of hydrogen-bond acceptors (Lipinski definition) is 5. The van der Waals surface area contributed by atoms with Gasteiger partial charge in [-0.25, -0.2) is 9.59 Å². The molecule has 0 saturated heterocycles. The van der Waals surface area contributed by atoms with Crippen LogP contribution >= 0.6 is 0 Å². The van der Waals surface area contributed by atoms with Gasteiger partial charge in [0.25, 0.3) is 0 Å². The Bertz CT molecular complexity index is 680. The molecule has 0 saturated carbocycles. The average Bonchev–Trinajstić information content (AvgIpc) is 2.54. The molecular weight excluding hydrogens is 288 g/mol. The van der Waals surface area contributed by atoms with E-state index in [0.717, 1.165) is 0 Å². The van der Waals surface area contributed by atoms with Crippen molar-refractivity contribution >= 4 is 17.9 Å². The molecule has 2 rings (SSSR count). The summed E-state index contributed by atoms with van der Waals surface area (Å²) in [4.78, 5) is 34.6. The van der Waals surface area contributed by atoms with Crippen molar-refractivity contribution in [2.75, 3.05) is 7.11 Å². The average molecular weight is 302 g/mol. The van der Waals surface area contributed by atoms with Gasteiger partial charge in [-0.1, -0.05) is 30.4 Å². The van der Waals surface area contributed by atoms with Crippen LogP contribution in [0, 0.1) is 5.92 Å². The lowest BCUT2D eigenvalue weighted by Crippen LogP contribution is -2.22. The van der Waals surface area contributed by atoms with Crippen LogP contribution in [0.1, 0.15) is 10.4 Å². The van der Waals surface area contributed by atoms with E-state index < -0.39 is 17.9 Å². The normalized spacial score (nSPS) is 15.5. The SMILES string of the molecule is COC(=O)c1ccccc1OC(=O)C1C=CC=CC1=C=O.O. The van der Waals surface area contributed by atoms with E-state index in [4.69, 9.17) is 4.74 Å². The molecule has 1 aromatic carbocycles. The number of benzene rings is 1. The predicted molar refractivity (Wildman–Crippen MR) is 78.0 cm³/mol. The summed E-state index contributed by atoms with van der Waals surface area (Å²) in [6.07, 6.45) is 6.29. The molecule has 6 heteroatoms. The van der Waals surface area contributed by atoms with E-state index in [1.54, 1.807) is 30.2 Å². The summed E-state index contributed by atoms with van der Waals surface area (Å²) < 4.78 is 9.84. The molecule has 0 radical (unpaired) electrons. The second kappa shape index (κ2) is 7.73. The second-order valence-electron chi connectivity index (χ2n) is 4.19. The van der Waals surface area contributed by atoms with E-state index in [1.165, 1.54) is 31.4 Å². The molecule has 1 aliphatic carbocycles. The Hall–Kier alpha value is -2.95. The van der Waals surface area contributed by atoms with Crippen LogP contribution < -0.4 is 4.74 Å². The first-order chi connectivity index (χ1) is 10.2. The third-order valence-electron chi connectivity index (χ3n) is 2.90. The number of esters is 2. The van der Waals surface area contributed by atoms with Crippen LogP contribution in [-0.2, 0) is 14.3 Å². The van der Waals surface area contributed by atoms with Crippen LogP contribution in [0.2, 0.25) is 0 Å². The summed E-state index contributed by atoms with van der Waals surface area (Å²) in [5.41, 5.74) is 0.318. The second-order valence-corrected chi connectivity index (χ2v) is 4.19. The number of hydrogen-bond donors (Lipinski definition) is 0. The Morgan fingerprint density at radius 2 is 1.91 bits per heavy atom. The highest BCUT2D eigenvalue weighted by atomic mass is 16.5. The zero-order valence-corrected chi connectivity index (χ0v) is 11.7. The number of carbonyl (C=O) groups excluding carboxylic acids is 3. The van der Waals surface area contributed by atoms with Gasteiger partial charge in [0.1, 0.15) is 23.2 Å². The van der Waals surface area contributed by atoms with Crippen molar-refractivity contribution in [3.05, 3.63) is 59.7 Å². The molecule has 6 nitrogen and oxygen atoms in total. The number of rotatable bonds is 3. The van der Waals surface area contributed by atoms with Gasteiger partial charge in [0, 0.05) is 0 Å². The van der Waals surface area contributed by atoms with Crippen LogP contribution in [0.15, 0.2) is 54.1 Å². The zero-order chi connectivity index (χ0) is 15.2. The monoisotopic (exact) mass is 302 g/mol. The van der Waals surface area contributed by atoms with Crippen molar-refractivity contribution in [1.82, 2.24) is 0 Å². The summed E-state index contributed by atoms with van der Waals surface area (Å²) in [6.45, 7) is 0. The van der Waals surface area contributed by atoms with E-state index in [1.807, 2.05) is 0 Å². The molecule has 1 unspecified atom stereocenters. The van der Waals surface area contributed by atoms with Gasteiger partial charge in [-0.2, -0.15) is 0 Å². The molecule has 22 heavy (non-hydrogen) atoms. The molecule has 0 spiro atoms. The molecule has 0 bridgehead atoms. The Morgan fingerprint density at radius 3 is 2.59 bits per heavy atom. The first kappa shape index (κ1) is 17.1. The fourth-order valence-corrected chi connectivity index (χ4v) is 1.85. The summed E-state index contributed by atoms with van der Waals surface area (Å²) in [7, 11) is 1.24. The topological polar surface area (TPSA) is 101 Å². The van der Waals surface area contributed by atoms with Crippen LogP contribution in [0.5, 0.6) is 5.75 Å². The number of para-hydroxylation sites is 1. The van der Waals surface area contributed by atoms with Gasteiger partial charge in [-0.05, 0) is 18.2 Å². The summed E-state index contributed by atoms with van der Waals surface area (Å²) in [5.74, 6) is -0.313. The van der Waals surface area contributed by atoms with Gasteiger partial charge in [0.05, 0.1) is 12.7 Å². The lowest BCUT2D eigenvalue weighted by molar-refractivity contribution is -0.136. The minimum absolute atomic E-state index is 0. The van der Waals surface area contributed by atoms with Crippen molar-refractivity contribution < 1.29 is 29.3 Å². The summed E-state index contributed by atoms with van der Waals surface area (Å²) in [5, 5.41) is 0. The minimum atomic E-state index is -0.835. The standard InChI is InChI=1S/C16H12O5.H2O/c1-20-15(18)13-8-4-5-9-14(13)21-16(19)12-7-3-2-6-11(12)10-17;/h2-9,12H,1H3;1H2. The molecule has 0 aliphatic heterocycles. The Morgan fingerprint density at radius 1 is 1.18 bits per heavy atom. The summed E-state index contributed by atoms with van der Waals surface area (Å²) in [6, 6.07) is 6.23. The van der Waals surface area contributed by atoms with E-state index >= 15 is 0 Å². The fourth-order valence-electron chi connectivity index (χ4n) is 1.85. The number of carbonyl (C=O) groups is 2. The van der Waals surface area contributed by atoms with Crippen molar-refractivity contribution in [2.45, 2.75) is 0 Å². The number of methoxy groups -OCH3 is 1. The molecule has 0 heterocycles. The van der Waals surface area contributed by atoms with Crippen LogP contribution in [0.25, 0.3) is 0 Å². The molecule has 114 valence electrons. The van der Waals surface area contributed by atoms with Gasteiger partial charge in [-0.3, -0.25) is 4.79 Å². The molecule has 0 amide bonds. The third kappa shape index (κ3) is 3.58. The molecule has 1 aliphatic rings. The molecule has 2 N–H and O–H groups in total. The number of ether oxygens (including phenoxy) is 2. The maximum absolute atomic E-state index is 12.1. The van der Waals surface area contributed by atoms with Crippen molar-refractivity contribution in [3.63, 3.8) is 0 Å². The molecule has 1 atom stereocenters. The van der Waals surface area contributed by atoms with Crippen molar-refractivity contribution in [1.29, 1.82) is 0 Å². The largest absolute Gasteiger partial charge is 0.465 e. The first-order valence-electron chi connectivity index (χ1n) is 6.16. The quantitative estimate of drug-likeness (QED) is 0.472. The highest BCUT2D eigenvalue weighted by Gasteiger charge is 2.25. The van der Waals surface area contributed by atoms with Gasteiger partial charge < -0.3 is 14.9 Å². The van der Waals surface area contributed by atoms with Gasteiger partial charge in [-0.15, -0.1) is 0 Å². The third-order valence-corrected chi connectivity index (χ3v) is 2.90. The Labute approximate surface area is 126 Å². The maximum Gasteiger partial charge on any atom is 0.341 e. The van der Waals surface area contributed by atoms with E-state index in [-0.39, 0.29) is 22.4 Å². The minimum Gasteiger partial charge on any atom is -0.465 e.